The molecule has 4 rings (SSSR count). The highest BCUT2D eigenvalue weighted by Crippen LogP contribution is 2.41. The van der Waals surface area contributed by atoms with Gasteiger partial charge < -0.3 is 10.4 Å². The molecular formula is C21H19N3O4S. The summed E-state index contributed by atoms with van der Waals surface area (Å²) in [7, 11) is 0. The van der Waals surface area contributed by atoms with Gasteiger partial charge in [-0.05, 0) is 35.3 Å². The summed E-state index contributed by atoms with van der Waals surface area (Å²) < 4.78 is 0. The first-order chi connectivity index (χ1) is 14.0. The van der Waals surface area contributed by atoms with E-state index in [9.17, 15) is 19.5 Å². The van der Waals surface area contributed by atoms with E-state index in [1.165, 1.54) is 16.7 Å². The maximum atomic E-state index is 12.7. The Hall–Kier alpha value is -3.13. The number of amides is 2. The van der Waals surface area contributed by atoms with Gasteiger partial charge in [-0.25, -0.2) is 4.79 Å². The Balaban J connectivity index is 1.48. The van der Waals surface area contributed by atoms with Crippen LogP contribution in [0, 0.1) is 0 Å². The number of benzene rings is 1. The second-order valence-corrected chi connectivity index (χ2v) is 8.01. The van der Waals surface area contributed by atoms with Crippen molar-refractivity contribution in [2.45, 2.75) is 24.3 Å². The molecule has 29 heavy (non-hydrogen) atoms. The third-order valence-electron chi connectivity index (χ3n) is 4.94. The number of fused-ring (bicyclic) bond motifs is 1. The van der Waals surface area contributed by atoms with E-state index in [0.717, 1.165) is 11.1 Å². The number of β-lactam (4-membered cyclic amide) rings is 1. The van der Waals surface area contributed by atoms with Crippen molar-refractivity contribution in [1.82, 2.24) is 15.2 Å². The minimum atomic E-state index is -1.11. The number of hydrogen-bond donors (Lipinski definition) is 2. The van der Waals surface area contributed by atoms with Crippen molar-refractivity contribution < 1.29 is 19.5 Å². The molecule has 2 aliphatic heterocycles. The summed E-state index contributed by atoms with van der Waals surface area (Å²) in [4.78, 5) is 42.1. The molecule has 0 unspecified atom stereocenters. The Bertz CT molecular complexity index is 978. The lowest BCUT2D eigenvalue weighted by Gasteiger charge is -2.49. The number of nitrogens with one attached hydrogen (secondary N) is 1. The minimum Gasteiger partial charge on any atom is -0.477 e. The van der Waals surface area contributed by atoms with Gasteiger partial charge in [0.15, 0.2) is 0 Å². The minimum absolute atomic E-state index is 0.0437. The van der Waals surface area contributed by atoms with Crippen molar-refractivity contribution >= 4 is 29.5 Å². The maximum Gasteiger partial charge on any atom is 0.352 e. The van der Waals surface area contributed by atoms with Crippen molar-refractivity contribution in [3.8, 4) is 0 Å². The Morgan fingerprint density at radius 2 is 1.86 bits per heavy atom. The first kappa shape index (κ1) is 19.2. The third-order valence-corrected chi connectivity index (χ3v) is 6.28. The summed E-state index contributed by atoms with van der Waals surface area (Å²) in [5, 5.41) is 12.1. The Morgan fingerprint density at radius 1 is 1.14 bits per heavy atom. The fourth-order valence-electron chi connectivity index (χ4n) is 3.57. The molecule has 2 amide bonds. The van der Waals surface area contributed by atoms with Gasteiger partial charge in [0.25, 0.3) is 5.91 Å². The van der Waals surface area contributed by atoms with E-state index in [2.05, 4.69) is 10.3 Å². The lowest BCUT2D eigenvalue weighted by Crippen LogP contribution is -2.70. The highest BCUT2D eigenvalue weighted by molar-refractivity contribution is 8.00. The zero-order valence-corrected chi connectivity index (χ0v) is 16.3. The van der Waals surface area contributed by atoms with Gasteiger partial charge in [-0.3, -0.25) is 19.5 Å². The summed E-state index contributed by atoms with van der Waals surface area (Å²) >= 11 is 1.48. The van der Waals surface area contributed by atoms with Crippen molar-refractivity contribution in [3.05, 3.63) is 77.3 Å². The predicted molar refractivity (Wildman–Crippen MR) is 108 cm³/mol. The molecular weight excluding hydrogens is 390 g/mol. The molecule has 1 fully saturated rings. The topological polar surface area (TPSA) is 99.6 Å². The van der Waals surface area contributed by atoms with Gasteiger partial charge in [-0.2, -0.15) is 0 Å². The molecule has 0 bridgehead atoms. The molecule has 2 aromatic rings. The summed E-state index contributed by atoms with van der Waals surface area (Å²) in [5.74, 6) is -1.27. The number of pyridine rings is 1. The van der Waals surface area contributed by atoms with Crippen LogP contribution < -0.4 is 5.32 Å². The summed E-state index contributed by atoms with van der Waals surface area (Å²) in [6.07, 6.45) is 3.83. The number of carbonyl (C=O) groups excluding carboxylic acids is 2. The number of thioether (sulfide) groups is 1. The highest BCUT2D eigenvalue weighted by atomic mass is 32.2. The number of carboxylic acids is 1. The van der Waals surface area contributed by atoms with Crippen LogP contribution in [-0.4, -0.2) is 49.9 Å². The molecule has 2 N–H and O–H groups in total. The molecule has 148 valence electrons. The fraction of sp³-hybridized carbons (Fsp3) is 0.238. The maximum absolute atomic E-state index is 12.7. The van der Waals surface area contributed by atoms with Crippen LogP contribution in [0.5, 0.6) is 0 Å². The van der Waals surface area contributed by atoms with E-state index in [1.807, 2.05) is 30.3 Å². The predicted octanol–water partition coefficient (Wildman–Crippen LogP) is 1.61. The van der Waals surface area contributed by atoms with Gasteiger partial charge in [0, 0.05) is 18.1 Å². The highest BCUT2D eigenvalue weighted by Gasteiger charge is 2.54. The Labute approximate surface area is 171 Å². The number of aliphatic carboxylic acids is 1. The van der Waals surface area contributed by atoms with Gasteiger partial charge in [0.1, 0.15) is 17.1 Å². The largest absolute Gasteiger partial charge is 0.477 e. The van der Waals surface area contributed by atoms with Crippen molar-refractivity contribution in [3.63, 3.8) is 0 Å². The first-order valence-corrected chi connectivity index (χ1v) is 10.2. The zero-order chi connectivity index (χ0) is 20.4. The normalized spacial score (nSPS) is 20.7. The molecule has 8 heteroatoms. The molecule has 1 aromatic carbocycles. The number of rotatable bonds is 6. The molecule has 7 nitrogen and oxygen atoms in total. The molecule has 2 aliphatic rings. The van der Waals surface area contributed by atoms with Gasteiger partial charge in [0.05, 0.1) is 6.42 Å². The van der Waals surface area contributed by atoms with E-state index in [4.69, 9.17) is 0 Å². The van der Waals surface area contributed by atoms with E-state index in [-0.39, 0.29) is 23.9 Å². The SMILES string of the molecule is O=C(Cc1ccncc1)N[C@@H]1C(=O)N2C(C(=O)O)=C(Cc3ccccc3)CS[C@H]12. The third kappa shape index (κ3) is 3.88. The molecule has 0 saturated carbocycles. The van der Waals surface area contributed by atoms with Crippen molar-refractivity contribution in [1.29, 1.82) is 0 Å². The van der Waals surface area contributed by atoms with Crippen LogP contribution in [0.25, 0.3) is 0 Å². The number of carboxylic acid groups (broad SMARTS) is 1. The molecule has 1 saturated heterocycles. The summed E-state index contributed by atoms with van der Waals surface area (Å²) in [5.41, 5.74) is 2.55. The second kappa shape index (κ2) is 8.08. The molecule has 3 heterocycles. The first-order valence-electron chi connectivity index (χ1n) is 9.17. The van der Waals surface area contributed by atoms with E-state index < -0.39 is 17.4 Å². The van der Waals surface area contributed by atoms with E-state index >= 15 is 0 Å². The van der Waals surface area contributed by atoms with E-state index in [1.54, 1.807) is 24.5 Å². The van der Waals surface area contributed by atoms with Gasteiger partial charge in [0.2, 0.25) is 5.91 Å². The zero-order valence-electron chi connectivity index (χ0n) is 15.4. The quantitative estimate of drug-likeness (QED) is 0.703. The van der Waals surface area contributed by atoms with Crippen LogP contribution in [0.2, 0.25) is 0 Å². The molecule has 1 aromatic heterocycles. The Kier molecular flexibility index (Phi) is 5.35. The average Bonchev–Trinajstić information content (AvgIpc) is 2.73. The molecule has 2 atom stereocenters. The number of hydrogen-bond acceptors (Lipinski definition) is 5. The number of aromatic nitrogens is 1. The average molecular weight is 409 g/mol. The van der Waals surface area contributed by atoms with E-state index in [0.29, 0.717) is 17.7 Å². The molecule has 0 aliphatic carbocycles. The van der Waals surface area contributed by atoms with Crippen LogP contribution >= 0.6 is 11.8 Å². The smallest absolute Gasteiger partial charge is 0.352 e. The van der Waals surface area contributed by atoms with Gasteiger partial charge in [-0.1, -0.05) is 30.3 Å². The van der Waals surface area contributed by atoms with Gasteiger partial charge >= 0.3 is 5.97 Å². The lowest BCUT2D eigenvalue weighted by molar-refractivity contribution is -0.150. The van der Waals surface area contributed by atoms with Gasteiger partial charge in [-0.15, -0.1) is 11.8 Å². The van der Waals surface area contributed by atoms with Crippen molar-refractivity contribution in [2.24, 2.45) is 0 Å². The second-order valence-electron chi connectivity index (χ2n) is 6.91. The van der Waals surface area contributed by atoms with Crippen molar-refractivity contribution in [2.75, 3.05) is 5.75 Å². The van der Waals surface area contributed by atoms with Crippen LogP contribution in [-0.2, 0) is 27.2 Å². The Morgan fingerprint density at radius 3 is 2.55 bits per heavy atom. The number of carbonyl (C=O) groups is 3. The van der Waals surface area contributed by atoms with Crippen LogP contribution in [0.1, 0.15) is 11.1 Å². The lowest BCUT2D eigenvalue weighted by atomic mass is 9.99. The van der Waals surface area contributed by atoms with Crippen LogP contribution in [0.15, 0.2) is 66.1 Å². The monoisotopic (exact) mass is 409 g/mol. The summed E-state index contributed by atoms with van der Waals surface area (Å²) in [6, 6.07) is 12.3. The fourth-order valence-corrected chi connectivity index (χ4v) is 4.92. The molecule has 0 spiro atoms. The number of nitrogens with zero attached hydrogens (tertiary/aromatic N) is 2. The van der Waals surface area contributed by atoms with Crippen LogP contribution in [0.3, 0.4) is 0 Å². The summed E-state index contributed by atoms with van der Waals surface area (Å²) in [6.45, 7) is 0. The molecule has 0 radical (unpaired) electrons. The standard InChI is InChI=1S/C21H19N3O4S/c25-16(11-14-6-8-22-9-7-14)23-17-19(26)24-18(21(27)28)15(12-29-20(17)24)10-13-4-2-1-3-5-13/h1-9,17,20H,10-12H2,(H,23,25)(H,27,28)/t17-,20-/m1/s1. The van der Waals surface area contributed by atoms with Crippen LogP contribution in [0.4, 0.5) is 0 Å².